The highest BCUT2D eigenvalue weighted by atomic mass is 32.1. The van der Waals surface area contributed by atoms with Crippen molar-refractivity contribution in [2.45, 2.75) is 84.5 Å². The summed E-state index contributed by atoms with van der Waals surface area (Å²) in [6.45, 7) is 9.23. The maximum atomic E-state index is 13.5. The Morgan fingerprint density at radius 3 is 2.26 bits per heavy atom. The summed E-state index contributed by atoms with van der Waals surface area (Å²) in [6, 6.07) is 7.71. The van der Waals surface area contributed by atoms with Gasteiger partial charge in [0.15, 0.2) is 0 Å². The molecule has 0 saturated carbocycles. The molecule has 2 saturated heterocycles. The lowest BCUT2D eigenvalue weighted by Gasteiger charge is -2.30. The van der Waals surface area contributed by atoms with E-state index in [4.69, 9.17) is 0 Å². The monoisotopic (exact) mass is 744 g/mol. The zero-order valence-corrected chi connectivity index (χ0v) is 31.5. The van der Waals surface area contributed by atoms with Crippen LogP contribution >= 0.6 is 11.3 Å². The maximum Gasteiger partial charge on any atom is 0.247 e. The summed E-state index contributed by atoms with van der Waals surface area (Å²) in [4.78, 5) is 76.5. The van der Waals surface area contributed by atoms with Crippen molar-refractivity contribution in [1.29, 1.82) is 0 Å². The predicted molar refractivity (Wildman–Crippen MR) is 202 cm³/mol. The third-order valence-corrected chi connectivity index (χ3v) is 11.1. The van der Waals surface area contributed by atoms with Gasteiger partial charge in [-0.2, -0.15) is 0 Å². The number of anilines is 1. The maximum absolute atomic E-state index is 13.5. The van der Waals surface area contributed by atoms with Crippen molar-refractivity contribution in [3.05, 3.63) is 53.9 Å². The molecule has 0 spiro atoms. The molecule has 1 unspecified atom stereocenters. The van der Waals surface area contributed by atoms with Gasteiger partial charge in [0.2, 0.25) is 29.5 Å². The topological polar surface area (TPSA) is 182 Å². The average Bonchev–Trinajstić information content (AvgIpc) is 3.97. The van der Waals surface area contributed by atoms with Gasteiger partial charge < -0.3 is 40.4 Å². The lowest BCUT2D eigenvalue weighted by Crippen LogP contribution is -2.54. The molecule has 2 aliphatic rings. The first-order valence-electron chi connectivity index (χ1n) is 18.2. The molecule has 3 aromatic heterocycles. The number of carbonyl (C=O) groups excluding carboxylic acids is 5. The molecule has 4 atom stereocenters. The Morgan fingerprint density at radius 1 is 0.925 bits per heavy atom. The number of aromatic amines is 1. The first-order valence-corrected chi connectivity index (χ1v) is 19.1. The number of amides is 5. The SMILES string of the molecule is CC(=O)N[C@H](C(=O)N1CCC[C@H]1C(=O)Nc1csc2c1ccn2-c1ccc(-c2cnc(C3CCCN3C(=O)[C@@H](NC(=O)CO)C(C)C)[nH]2)cc1)C(C)C. The Kier molecular flexibility index (Phi) is 11.3. The smallest absolute Gasteiger partial charge is 0.247 e. The van der Waals surface area contributed by atoms with Crippen molar-refractivity contribution in [3.63, 3.8) is 0 Å². The van der Waals surface area contributed by atoms with Crippen molar-refractivity contribution in [3.8, 4) is 16.9 Å². The van der Waals surface area contributed by atoms with Gasteiger partial charge >= 0.3 is 0 Å². The lowest BCUT2D eigenvalue weighted by atomic mass is 10.0. The van der Waals surface area contributed by atoms with Crippen LogP contribution in [0.4, 0.5) is 5.69 Å². The number of hydrogen-bond donors (Lipinski definition) is 5. The minimum absolute atomic E-state index is 0.114. The molecule has 1 aromatic carbocycles. The number of aliphatic hydroxyl groups excluding tert-OH is 1. The molecule has 6 rings (SSSR count). The number of carbonyl (C=O) groups is 5. The van der Waals surface area contributed by atoms with Gasteiger partial charge in [-0.05, 0) is 61.3 Å². The van der Waals surface area contributed by atoms with Gasteiger partial charge in [-0.25, -0.2) is 4.98 Å². The molecule has 4 aromatic rings. The zero-order chi connectivity index (χ0) is 38.0. The number of rotatable bonds is 12. The van der Waals surface area contributed by atoms with E-state index in [1.165, 1.54) is 18.3 Å². The minimum atomic E-state index is -0.735. The van der Waals surface area contributed by atoms with Gasteiger partial charge in [0.25, 0.3) is 0 Å². The Hall–Kier alpha value is -5.02. The minimum Gasteiger partial charge on any atom is -0.387 e. The fourth-order valence-electron chi connectivity index (χ4n) is 7.33. The fraction of sp³-hybridized carbons (Fsp3) is 0.474. The quantitative estimate of drug-likeness (QED) is 0.146. The largest absolute Gasteiger partial charge is 0.387 e. The molecule has 0 bridgehead atoms. The Balaban J connectivity index is 1.13. The molecule has 5 amide bonds. The molecule has 15 heteroatoms. The highest BCUT2D eigenvalue weighted by Crippen LogP contribution is 2.36. The second-order valence-corrected chi connectivity index (χ2v) is 15.4. The summed E-state index contributed by atoms with van der Waals surface area (Å²) < 4.78 is 2.06. The van der Waals surface area contributed by atoms with Gasteiger partial charge in [0.1, 0.15) is 35.4 Å². The van der Waals surface area contributed by atoms with Crippen molar-refractivity contribution in [1.82, 2.24) is 35.0 Å². The highest BCUT2D eigenvalue weighted by molar-refractivity contribution is 7.17. The third-order valence-electron chi connectivity index (χ3n) is 10.1. The Labute approximate surface area is 312 Å². The highest BCUT2D eigenvalue weighted by Gasteiger charge is 2.39. The van der Waals surface area contributed by atoms with Crippen LogP contribution in [0.15, 0.2) is 48.1 Å². The van der Waals surface area contributed by atoms with Crippen LogP contribution < -0.4 is 16.0 Å². The molecule has 0 radical (unpaired) electrons. The number of H-pyrrole nitrogens is 1. The summed E-state index contributed by atoms with van der Waals surface area (Å²) >= 11 is 1.51. The summed E-state index contributed by atoms with van der Waals surface area (Å²) in [7, 11) is 0. The van der Waals surface area contributed by atoms with Crippen molar-refractivity contribution >= 4 is 56.8 Å². The molecule has 282 valence electrons. The number of aromatic nitrogens is 3. The van der Waals surface area contributed by atoms with Crippen LogP contribution in [0.1, 0.15) is 72.2 Å². The second kappa shape index (κ2) is 15.9. The fourth-order valence-corrected chi connectivity index (χ4v) is 8.33. The van der Waals surface area contributed by atoms with E-state index in [0.29, 0.717) is 37.4 Å². The first kappa shape index (κ1) is 37.7. The molecule has 2 fully saturated rings. The van der Waals surface area contributed by atoms with Gasteiger partial charge in [0, 0.05) is 42.7 Å². The van der Waals surface area contributed by atoms with E-state index in [0.717, 1.165) is 40.0 Å². The van der Waals surface area contributed by atoms with Crippen LogP contribution in [0.25, 0.3) is 27.2 Å². The third kappa shape index (κ3) is 7.86. The number of likely N-dealkylation sites (tertiary alicyclic amines) is 2. The summed E-state index contributed by atoms with van der Waals surface area (Å²) in [6.07, 6.45) is 6.56. The van der Waals surface area contributed by atoms with Crippen LogP contribution in [-0.4, -0.2) is 96.8 Å². The number of benzene rings is 1. The molecule has 2 aliphatic heterocycles. The van der Waals surface area contributed by atoms with E-state index >= 15 is 0 Å². The van der Waals surface area contributed by atoms with Crippen LogP contribution in [0.5, 0.6) is 0 Å². The molecule has 14 nitrogen and oxygen atoms in total. The van der Waals surface area contributed by atoms with Gasteiger partial charge in [0.05, 0.1) is 23.6 Å². The normalized spacial score (nSPS) is 18.5. The van der Waals surface area contributed by atoms with E-state index < -0.39 is 30.6 Å². The Morgan fingerprint density at radius 2 is 1.58 bits per heavy atom. The first-order chi connectivity index (χ1) is 25.4. The van der Waals surface area contributed by atoms with Crippen molar-refractivity contribution in [2.24, 2.45) is 11.8 Å². The number of nitrogens with one attached hydrogen (secondary N) is 4. The summed E-state index contributed by atoms with van der Waals surface area (Å²) in [5, 5.41) is 20.5. The molecule has 0 aliphatic carbocycles. The van der Waals surface area contributed by atoms with E-state index in [1.54, 1.807) is 16.0 Å². The number of nitrogens with zero attached hydrogens (tertiary/aromatic N) is 4. The molecular formula is C38H48N8O6S. The lowest BCUT2D eigenvalue weighted by molar-refractivity contribution is -0.141. The summed E-state index contributed by atoms with van der Waals surface area (Å²) in [5.41, 5.74) is 3.36. The van der Waals surface area contributed by atoms with E-state index in [1.807, 2.05) is 69.6 Å². The molecule has 5 heterocycles. The van der Waals surface area contributed by atoms with Crippen LogP contribution in [0.2, 0.25) is 0 Å². The van der Waals surface area contributed by atoms with Crippen molar-refractivity contribution < 1.29 is 29.1 Å². The van der Waals surface area contributed by atoms with E-state index in [-0.39, 0.29) is 41.5 Å². The van der Waals surface area contributed by atoms with Crippen LogP contribution in [0.3, 0.4) is 0 Å². The second-order valence-electron chi connectivity index (χ2n) is 14.5. The number of imidazole rings is 1. The van der Waals surface area contributed by atoms with Gasteiger partial charge in [-0.1, -0.05) is 39.8 Å². The van der Waals surface area contributed by atoms with E-state index in [9.17, 15) is 29.1 Å². The molecular weight excluding hydrogens is 697 g/mol. The van der Waals surface area contributed by atoms with Gasteiger partial charge in [-0.3, -0.25) is 24.0 Å². The van der Waals surface area contributed by atoms with Crippen molar-refractivity contribution in [2.75, 3.05) is 25.0 Å². The number of fused-ring (bicyclic) bond motifs is 1. The number of thiophene rings is 1. The van der Waals surface area contributed by atoms with Gasteiger partial charge in [-0.15, -0.1) is 11.3 Å². The zero-order valence-electron chi connectivity index (χ0n) is 30.7. The van der Waals surface area contributed by atoms with Crippen LogP contribution in [0, 0.1) is 11.8 Å². The standard InChI is InChI=1S/C38H48N8O6S/c1-21(2)32(40-23(5)48)36(51)46-16-7-9-30(46)35(50)42-28-20-53-38-26(28)14-17-44(38)25-12-10-24(11-13-25)27-18-39-34(41-27)29-8-6-15-45(29)37(52)33(22(3)4)43-31(49)19-47/h10-14,17-18,20-22,29-30,32-33,47H,6-9,15-16,19H2,1-5H3,(H,39,41)(H,40,48)(H,42,50)(H,43,49)/t29?,30-,32-,33-/m0/s1. The van der Waals surface area contributed by atoms with Crippen LogP contribution in [-0.2, 0) is 24.0 Å². The summed E-state index contributed by atoms with van der Waals surface area (Å²) in [5.74, 6) is -1.09. The average molecular weight is 745 g/mol. The number of aliphatic hydroxyl groups is 1. The predicted octanol–water partition coefficient (Wildman–Crippen LogP) is 3.97. The number of hydrogen-bond acceptors (Lipinski definition) is 8. The molecule has 5 N–H and O–H groups in total. The van der Waals surface area contributed by atoms with E-state index in [2.05, 4.69) is 30.5 Å². The molecule has 53 heavy (non-hydrogen) atoms. The Bertz CT molecular complexity index is 1980.